The molecular formula is C23H23F2N3O2. The normalized spacial score (nSPS) is 12.7. The number of fused-ring (bicyclic) bond motifs is 1. The Morgan fingerprint density at radius 2 is 1.97 bits per heavy atom. The number of para-hydroxylation sites is 1. The highest BCUT2D eigenvalue weighted by molar-refractivity contribution is 5.94. The average molecular weight is 411 g/mol. The number of amides is 1. The van der Waals surface area contributed by atoms with Crippen LogP contribution in [0.5, 0.6) is 5.75 Å². The fourth-order valence-corrected chi connectivity index (χ4v) is 3.88. The van der Waals surface area contributed by atoms with Gasteiger partial charge in [-0.3, -0.25) is 4.79 Å². The zero-order valence-corrected chi connectivity index (χ0v) is 17.0. The van der Waals surface area contributed by atoms with Gasteiger partial charge in [-0.25, -0.2) is 13.5 Å². The second kappa shape index (κ2) is 8.26. The van der Waals surface area contributed by atoms with Gasteiger partial charge in [0.25, 0.3) is 5.91 Å². The van der Waals surface area contributed by atoms with Crippen molar-refractivity contribution in [2.24, 2.45) is 0 Å². The standard InChI is InChI=1S/C23H23F2N3O2/c1-3-30-21-10-5-4-7-15(21)14-27(2)23(29)22-17-8-6-9-20(17)28(26-22)16-11-12-18(24)19(25)13-16/h4-5,7,10-13H,3,6,8-9,14H2,1-2H3. The Morgan fingerprint density at radius 1 is 1.17 bits per heavy atom. The van der Waals surface area contributed by atoms with Gasteiger partial charge in [0.2, 0.25) is 0 Å². The predicted molar refractivity (Wildman–Crippen MR) is 109 cm³/mol. The number of carbonyl (C=O) groups excluding carboxylic acids is 1. The molecule has 0 saturated carbocycles. The van der Waals surface area contributed by atoms with E-state index < -0.39 is 11.6 Å². The fraction of sp³-hybridized carbons (Fsp3) is 0.304. The summed E-state index contributed by atoms with van der Waals surface area (Å²) in [4.78, 5) is 14.8. The maximum Gasteiger partial charge on any atom is 0.274 e. The van der Waals surface area contributed by atoms with Crippen LogP contribution in [0.3, 0.4) is 0 Å². The smallest absolute Gasteiger partial charge is 0.274 e. The summed E-state index contributed by atoms with van der Waals surface area (Å²) in [6.07, 6.45) is 2.38. The number of halogens is 2. The van der Waals surface area contributed by atoms with Crippen molar-refractivity contribution in [2.45, 2.75) is 32.7 Å². The summed E-state index contributed by atoms with van der Waals surface area (Å²) in [6.45, 7) is 2.84. The number of rotatable bonds is 6. The molecule has 1 aromatic heterocycles. The minimum Gasteiger partial charge on any atom is -0.494 e. The van der Waals surface area contributed by atoms with E-state index in [9.17, 15) is 13.6 Å². The van der Waals surface area contributed by atoms with E-state index in [0.717, 1.165) is 54.0 Å². The van der Waals surface area contributed by atoms with Gasteiger partial charge in [0, 0.05) is 36.5 Å². The summed E-state index contributed by atoms with van der Waals surface area (Å²) in [6, 6.07) is 11.3. The first-order chi connectivity index (χ1) is 14.5. The van der Waals surface area contributed by atoms with Crippen molar-refractivity contribution in [3.8, 4) is 11.4 Å². The summed E-state index contributed by atoms with van der Waals surface area (Å²) in [7, 11) is 1.73. The van der Waals surface area contributed by atoms with Gasteiger partial charge >= 0.3 is 0 Å². The van der Waals surface area contributed by atoms with Crippen LogP contribution in [-0.2, 0) is 19.4 Å². The van der Waals surface area contributed by atoms with E-state index in [1.54, 1.807) is 16.6 Å². The molecule has 0 saturated heterocycles. The molecule has 30 heavy (non-hydrogen) atoms. The van der Waals surface area contributed by atoms with Crippen LogP contribution < -0.4 is 4.74 Å². The Kier molecular flexibility index (Phi) is 5.53. The maximum absolute atomic E-state index is 13.8. The molecule has 1 aliphatic rings. The molecule has 1 heterocycles. The molecule has 1 aliphatic carbocycles. The van der Waals surface area contributed by atoms with Gasteiger partial charge in [-0.05, 0) is 44.4 Å². The first kappa shape index (κ1) is 20.1. The van der Waals surface area contributed by atoms with Crippen molar-refractivity contribution in [1.82, 2.24) is 14.7 Å². The fourth-order valence-electron chi connectivity index (χ4n) is 3.88. The SMILES string of the molecule is CCOc1ccccc1CN(C)C(=O)c1nn(-c2ccc(F)c(F)c2)c2c1CCC2. The summed E-state index contributed by atoms with van der Waals surface area (Å²) in [5, 5.41) is 4.50. The third kappa shape index (κ3) is 3.67. The minimum atomic E-state index is -0.938. The lowest BCUT2D eigenvalue weighted by atomic mass is 10.1. The molecule has 0 N–H and O–H groups in total. The molecule has 2 aromatic carbocycles. The van der Waals surface area contributed by atoms with Crippen molar-refractivity contribution in [3.05, 3.63) is 76.6 Å². The monoisotopic (exact) mass is 411 g/mol. The molecule has 156 valence electrons. The number of carbonyl (C=O) groups is 1. The highest BCUT2D eigenvalue weighted by Gasteiger charge is 2.29. The van der Waals surface area contributed by atoms with Crippen molar-refractivity contribution in [1.29, 1.82) is 0 Å². The van der Waals surface area contributed by atoms with Crippen LogP contribution >= 0.6 is 0 Å². The highest BCUT2D eigenvalue weighted by Crippen LogP contribution is 2.29. The molecule has 1 amide bonds. The Bertz CT molecular complexity index is 1090. The average Bonchev–Trinajstić information content (AvgIpc) is 3.34. The van der Waals surface area contributed by atoms with Crippen LogP contribution in [-0.4, -0.2) is 34.2 Å². The molecule has 0 fully saturated rings. The van der Waals surface area contributed by atoms with Crippen LogP contribution in [0.15, 0.2) is 42.5 Å². The Labute approximate surface area is 173 Å². The Hall–Kier alpha value is -3.22. The van der Waals surface area contributed by atoms with E-state index in [-0.39, 0.29) is 5.91 Å². The Balaban J connectivity index is 1.64. The third-order valence-corrected chi connectivity index (χ3v) is 5.31. The minimum absolute atomic E-state index is 0.208. The molecule has 0 radical (unpaired) electrons. The molecule has 0 aliphatic heterocycles. The second-order valence-electron chi connectivity index (χ2n) is 7.34. The molecule has 5 nitrogen and oxygen atoms in total. The van der Waals surface area contributed by atoms with E-state index in [4.69, 9.17) is 4.74 Å². The largest absolute Gasteiger partial charge is 0.494 e. The molecule has 0 bridgehead atoms. The number of benzene rings is 2. The lowest BCUT2D eigenvalue weighted by Crippen LogP contribution is -2.27. The zero-order chi connectivity index (χ0) is 21.3. The van der Waals surface area contributed by atoms with Crippen molar-refractivity contribution in [3.63, 3.8) is 0 Å². The highest BCUT2D eigenvalue weighted by atomic mass is 19.2. The van der Waals surface area contributed by atoms with Crippen molar-refractivity contribution in [2.75, 3.05) is 13.7 Å². The van der Waals surface area contributed by atoms with Crippen molar-refractivity contribution < 1.29 is 18.3 Å². The Morgan fingerprint density at radius 3 is 2.73 bits per heavy atom. The van der Waals surface area contributed by atoms with Gasteiger partial charge in [-0.15, -0.1) is 0 Å². The van der Waals surface area contributed by atoms with Crippen LogP contribution in [0.2, 0.25) is 0 Å². The van der Waals surface area contributed by atoms with E-state index in [1.807, 2.05) is 31.2 Å². The van der Waals surface area contributed by atoms with Gasteiger partial charge in [-0.1, -0.05) is 18.2 Å². The van der Waals surface area contributed by atoms with Crippen molar-refractivity contribution >= 4 is 5.91 Å². The molecule has 7 heteroatoms. The van der Waals surface area contributed by atoms with E-state index in [2.05, 4.69) is 5.10 Å². The molecule has 3 aromatic rings. The first-order valence-electron chi connectivity index (χ1n) is 10.0. The van der Waals surface area contributed by atoms with E-state index in [1.165, 1.54) is 6.07 Å². The number of aromatic nitrogens is 2. The third-order valence-electron chi connectivity index (χ3n) is 5.31. The lowest BCUT2D eigenvalue weighted by Gasteiger charge is -2.18. The zero-order valence-electron chi connectivity index (χ0n) is 17.0. The van der Waals surface area contributed by atoms with Crippen LogP contribution in [0.25, 0.3) is 5.69 Å². The number of hydrogen-bond acceptors (Lipinski definition) is 3. The summed E-state index contributed by atoms with van der Waals surface area (Å²) in [5.74, 6) is -1.31. The molecule has 0 spiro atoms. The van der Waals surface area contributed by atoms with Gasteiger partial charge in [0.05, 0.1) is 12.3 Å². The van der Waals surface area contributed by atoms with Crippen LogP contribution in [0, 0.1) is 11.6 Å². The lowest BCUT2D eigenvalue weighted by molar-refractivity contribution is 0.0776. The van der Waals surface area contributed by atoms with E-state index in [0.29, 0.717) is 24.5 Å². The van der Waals surface area contributed by atoms with Gasteiger partial charge in [0.15, 0.2) is 17.3 Å². The van der Waals surface area contributed by atoms with Crippen LogP contribution in [0.4, 0.5) is 8.78 Å². The number of nitrogens with zero attached hydrogens (tertiary/aromatic N) is 3. The second-order valence-corrected chi connectivity index (χ2v) is 7.34. The quantitative estimate of drug-likeness (QED) is 0.607. The molecule has 0 atom stereocenters. The predicted octanol–water partition coefficient (Wildman–Crippen LogP) is 4.31. The van der Waals surface area contributed by atoms with Gasteiger partial charge in [-0.2, -0.15) is 5.10 Å². The van der Waals surface area contributed by atoms with Crippen LogP contribution in [0.1, 0.15) is 40.7 Å². The van der Waals surface area contributed by atoms with E-state index >= 15 is 0 Å². The number of ether oxygens (including phenoxy) is 1. The summed E-state index contributed by atoms with van der Waals surface area (Å²) < 4.78 is 34.3. The molecule has 0 unspecified atom stereocenters. The molecular weight excluding hydrogens is 388 g/mol. The van der Waals surface area contributed by atoms with Gasteiger partial charge in [0.1, 0.15) is 5.75 Å². The summed E-state index contributed by atoms with van der Waals surface area (Å²) >= 11 is 0. The van der Waals surface area contributed by atoms with Gasteiger partial charge < -0.3 is 9.64 Å². The topological polar surface area (TPSA) is 47.4 Å². The number of hydrogen-bond donors (Lipinski definition) is 0. The summed E-state index contributed by atoms with van der Waals surface area (Å²) in [5.41, 5.74) is 3.45. The maximum atomic E-state index is 13.8. The molecule has 4 rings (SSSR count). The first-order valence-corrected chi connectivity index (χ1v) is 10.0.